The van der Waals surface area contributed by atoms with Crippen LogP contribution in [0.15, 0.2) is 0 Å². The molecule has 1 saturated heterocycles. The van der Waals surface area contributed by atoms with Gasteiger partial charge in [-0.2, -0.15) is 0 Å². The molecule has 1 N–H and O–H groups in total. The minimum atomic E-state index is -2.87. The van der Waals surface area contributed by atoms with Crippen molar-refractivity contribution in [2.45, 2.75) is 19.4 Å². The zero-order valence-corrected chi connectivity index (χ0v) is 12.5. The van der Waals surface area contributed by atoms with Gasteiger partial charge in [0.25, 0.3) is 0 Å². The molecular weight excluding hydrogens is 252 g/mol. The number of nitrogens with zero attached hydrogens (tertiary/aromatic N) is 1. The van der Waals surface area contributed by atoms with Crippen LogP contribution in [0.1, 0.15) is 13.3 Å². The topological polar surface area (TPSA) is 58.6 Å². The first-order valence-corrected chi connectivity index (χ1v) is 8.66. The van der Waals surface area contributed by atoms with Gasteiger partial charge in [0.15, 0.2) is 0 Å². The average Bonchev–Trinajstić information content (AvgIpc) is 2.70. The number of ether oxygens (including phenoxy) is 1. The molecule has 2 atom stereocenters. The maximum absolute atomic E-state index is 11.1. The SMILES string of the molecule is CCCNC1COCC1CN(C)CCS(C)(=O)=O. The first-order chi connectivity index (χ1) is 8.42. The highest BCUT2D eigenvalue weighted by molar-refractivity contribution is 7.90. The zero-order chi connectivity index (χ0) is 13.6. The maximum Gasteiger partial charge on any atom is 0.148 e. The second kappa shape index (κ2) is 7.43. The molecule has 5 nitrogen and oxygen atoms in total. The minimum absolute atomic E-state index is 0.226. The van der Waals surface area contributed by atoms with E-state index in [9.17, 15) is 8.42 Å². The standard InChI is InChI=1S/C12H26N2O3S/c1-4-5-13-12-10-17-9-11(12)8-14(2)6-7-18(3,15)16/h11-13H,4-10H2,1-3H3. The molecule has 0 bridgehead atoms. The number of hydrogen-bond donors (Lipinski definition) is 1. The number of nitrogens with one attached hydrogen (secondary N) is 1. The Balaban J connectivity index is 2.31. The van der Waals surface area contributed by atoms with Crippen molar-refractivity contribution in [1.29, 1.82) is 0 Å². The van der Waals surface area contributed by atoms with Crippen molar-refractivity contribution in [1.82, 2.24) is 10.2 Å². The number of sulfone groups is 1. The Morgan fingerprint density at radius 3 is 2.72 bits per heavy atom. The lowest BCUT2D eigenvalue weighted by Gasteiger charge is -2.24. The van der Waals surface area contributed by atoms with Gasteiger partial charge in [0.1, 0.15) is 9.84 Å². The van der Waals surface area contributed by atoms with Crippen LogP contribution in [0.25, 0.3) is 0 Å². The Morgan fingerprint density at radius 2 is 2.11 bits per heavy atom. The number of hydrogen-bond acceptors (Lipinski definition) is 5. The van der Waals surface area contributed by atoms with Crippen LogP contribution in [0.4, 0.5) is 0 Å². The summed E-state index contributed by atoms with van der Waals surface area (Å²) in [5, 5.41) is 3.49. The van der Waals surface area contributed by atoms with Crippen LogP contribution in [0.3, 0.4) is 0 Å². The molecular formula is C12H26N2O3S. The summed E-state index contributed by atoms with van der Waals surface area (Å²) in [6.07, 6.45) is 2.40. The predicted molar refractivity (Wildman–Crippen MR) is 73.6 cm³/mol. The van der Waals surface area contributed by atoms with Crippen molar-refractivity contribution in [2.75, 3.05) is 51.9 Å². The fourth-order valence-corrected chi connectivity index (χ4v) is 2.79. The summed E-state index contributed by atoms with van der Waals surface area (Å²) in [6.45, 7) is 6.18. The number of rotatable bonds is 8. The van der Waals surface area contributed by atoms with Crippen LogP contribution < -0.4 is 5.32 Å². The van der Waals surface area contributed by atoms with E-state index in [0.717, 1.165) is 32.7 Å². The van der Waals surface area contributed by atoms with Gasteiger partial charge in [-0.3, -0.25) is 0 Å². The third-order valence-corrected chi connectivity index (χ3v) is 4.17. The van der Waals surface area contributed by atoms with Gasteiger partial charge in [-0.05, 0) is 20.0 Å². The molecule has 0 amide bonds. The highest BCUT2D eigenvalue weighted by atomic mass is 32.2. The van der Waals surface area contributed by atoms with E-state index in [2.05, 4.69) is 17.1 Å². The lowest BCUT2D eigenvalue weighted by molar-refractivity contribution is 0.174. The third-order valence-electron chi connectivity index (χ3n) is 3.24. The fourth-order valence-electron chi connectivity index (χ4n) is 2.15. The Hall–Kier alpha value is -0.170. The van der Waals surface area contributed by atoms with Crippen molar-refractivity contribution in [3.8, 4) is 0 Å². The molecule has 0 aromatic heterocycles. The quantitative estimate of drug-likeness (QED) is 0.676. The molecule has 1 heterocycles. The highest BCUT2D eigenvalue weighted by Gasteiger charge is 2.28. The van der Waals surface area contributed by atoms with Crippen LogP contribution in [0, 0.1) is 5.92 Å². The van der Waals surface area contributed by atoms with Crippen molar-refractivity contribution in [3.05, 3.63) is 0 Å². The van der Waals surface area contributed by atoms with Crippen molar-refractivity contribution < 1.29 is 13.2 Å². The molecule has 1 aliphatic rings. The van der Waals surface area contributed by atoms with E-state index in [-0.39, 0.29) is 5.75 Å². The summed E-state index contributed by atoms with van der Waals surface area (Å²) >= 11 is 0. The van der Waals surface area contributed by atoms with E-state index in [0.29, 0.717) is 18.5 Å². The molecule has 6 heteroatoms. The van der Waals surface area contributed by atoms with E-state index >= 15 is 0 Å². The van der Waals surface area contributed by atoms with Gasteiger partial charge in [0.2, 0.25) is 0 Å². The summed E-state index contributed by atoms with van der Waals surface area (Å²) < 4.78 is 27.7. The van der Waals surface area contributed by atoms with Crippen LogP contribution >= 0.6 is 0 Å². The third kappa shape index (κ3) is 6.13. The van der Waals surface area contributed by atoms with E-state index in [1.165, 1.54) is 6.26 Å². The fraction of sp³-hybridized carbons (Fsp3) is 1.00. The lowest BCUT2D eigenvalue weighted by atomic mass is 10.0. The molecule has 1 aliphatic heterocycles. The summed E-state index contributed by atoms with van der Waals surface area (Å²) in [6, 6.07) is 0.408. The molecule has 18 heavy (non-hydrogen) atoms. The smallest absolute Gasteiger partial charge is 0.148 e. The van der Waals surface area contributed by atoms with E-state index in [1.807, 2.05) is 7.05 Å². The van der Waals surface area contributed by atoms with E-state index in [4.69, 9.17) is 4.74 Å². The monoisotopic (exact) mass is 278 g/mol. The molecule has 0 aromatic rings. The van der Waals surface area contributed by atoms with Crippen molar-refractivity contribution in [2.24, 2.45) is 5.92 Å². The molecule has 0 radical (unpaired) electrons. The summed E-state index contributed by atoms with van der Waals surface area (Å²) in [7, 11) is -0.896. The Morgan fingerprint density at radius 1 is 1.39 bits per heavy atom. The van der Waals surface area contributed by atoms with Crippen LogP contribution in [0.5, 0.6) is 0 Å². The molecule has 2 unspecified atom stereocenters. The predicted octanol–water partition coefficient (Wildman–Crippen LogP) is -0.0226. The molecule has 0 aromatic carbocycles. The van der Waals surface area contributed by atoms with Gasteiger partial charge in [0, 0.05) is 31.3 Å². The molecule has 1 fully saturated rings. The van der Waals surface area contributed by atoms with Gasteiger partial charge < -0.3 is 15.0 Å². The van der Waals surface area contributed by atoms with Crippen LogP contribution in [-0.2, 0) is 14.6 Å². The van der Waals surface area contributed by atoms with Crippen molar-refractivity contribution in [3.63, 3.8) is 0 Å². The maximum atomic E-state index is 11.1. The molecule has 0 aliphatic carbocycles. The Labute approximate surface area is 111 Å². The first-order valence-electron chi connectivity index (χ1n) is 6.59. The second-order valence-electron chi connectivity index (χ2n) is 5.25. The lowest BCUT2D eigenvalue weighted by Crippen LogP contribution is -2.41. The summed E-state index contributed by atoms with van der Waals surface area (Å²) in [5.74, 6) is 0.686. The van der Waals surface area contributed by atoms with E-state index in [1.54, 1.807) is 0 Å². The molecule has 0 saturated carbocycles. The molecule has 0 spiro atoms. The highest BCUT2D eigenvalue weighted by Crippen LogP contribution is 2.14. The van der Waals surface area contributed by atoms with Crippen LogP contribution in [0.2, 0.25) is 0 Å². The molecule has 108 valence electrons. The normalized spacial score (nSPS) is 24.9. The summed E-state index contributed by atoms with van der Waals surface area (Å²) in [5.41, 5.74) is 0. The largest absolute Gasteiger partial charge is 0.379 e. The average molecular weight is 278 g/mol. The van der Waals surface area contributed by atoms with Gasteiger partial charge in [-0.15, -0.1) is 0 Å². The van der Waals surface area contributed by atoms with E-state index < -0.39 is 9.84 Å². The Kier molecular flexibility index (Phi) is 6.55. The van der Waals surface area contributed by atoms with Crippen molar-refractivity contribution >= 4 is 9.84 Å². The first kappa shape index (κ1) is 15.9. The zero-order valence-electron chi connectivity index (χ0n) is 11.7. The van der Waals surface area contributed by atoms with Gasteiger partial charge >= 0.3 is 0 Å². The Bertz CT molecular complexity index is 332. The molecule has 1 rings (SSSR count). The summed E-state index contributed by atoms with van der Waals surface area (Å²) in [4.78, 5) is 2.08. The minimum Gasteiger partial charge on any atom is -0.379 e. The second-order valence-corrected chi connectivity index (χ2v) is 7.51. The van der Waals surface area contributed by atoms with Gasteiger partial charge in [-0.25, -0.2) is 8.42 Å². The van der Waals surface area contributed by atoms with Gasteiger partial charge in [0.05, 0.1) is 19.0 Å². The van der Waals surface area contributed by atoms with Gasteiger partial charge in [-0.1, -0.05) is 6.92 Å². The van der Waals surface area contributed by atoms with Crippen LogP contribution in [-0.4, -0.2) is 71.3 Å².